The van der Waals surface area contributed by atoms with Gasteiger partial charge in [0.1, 0.15) is 5.75 Å². The second-order valence-electron chi connectivity index (χ2n) is 9.41. The van der Waals surface area contributed by atoms with E-state index < -0.39 is 17.3 Å². The van der Waals surface area contributed by atoms with E-state index in [1.807, 2.05) is 17.0 Å². The Labute approximate surface area is 203 Å². The van der Waals surface area contributed by atoms with Crippen molar-refractivity contribution in [1.29, 1.82) is 5.26 Å². The third-order valence-corrected chi connectivity index (χ3v) is 7.30. The van der Waals surface area contributed by atoms with Crippen LogP contribution in [0.3, 0.4) is 0 Å². The minimum atomic E-state index is -4.62. The fourth-order valence-electron chi connectivity index (χ4n) is 5.49. The van der Waals surface area contributed by atoms with E-state index in [1.54, 1.807) is 25.2 Å². The van der Waals surface area contributed by atoms with Gasteiger partial charge in [-0.25, -0.2) is 0 Å². The van der Waals surface area contributed by atoms with Crippen LogP contribution < -0.4 is 10.2 Å². The molecule has 2 N–H and O–H groups in total. The van der Waals surface area contributed by atoms with Gasteiger partial charge in [-0.3, -0.25) is 9.69 Å². The molecule has 0 unspecified atom stereocenters. The monoisotopic (exact) mass is 486 g/mol. The first-order valence-electron chi connectivity index (χ1n) is 11.8. The van der Waals surface area contributed by atoms with Crippen LogP contribution in [0.25, 0.3) is 0 Å². The van der Waals surface area contributed by atoms with Gasteiger partial charge in [-0.05, 0) is 73.7 Å². The lowest BCUT2D eigenvalue weighted by Gasteiger charge is -2.36. The molecule has 2 aliphatic rings. The number of alkyl halides is 3. The first kappa shape index (κ1) is 24.9. The van der Waals surface area contributed by atoms with Gasteiger partial charge < -0.3 is 15.3 Å². The Bertz CT molecular complexity index is 1110. The van der Waals surface area contributed by atoms with E-state index in [1.165, 1.54) is 12.1 Å². The quantitative estimate of drug-likeness (QED) is 0.668. The Balaban J connectivity index is 1.47. The predicted molar refractivity (Wildman–Crippen MR) is 126 cm³/mol. The summed E-state index contributed by atoms with van der Waals surface area (Å²) in [6, 6.07) is 12.6. The van der Waals surface area contributed by atoms with Crippen LogP contribution in [0.2, 0.25) is 0 Å². The van der Waals surface area contributed by atoms with Gasteiger partial charge >= 0.3 is 6.18 Å². The lowest BCUT2D eigenvalue weighted by Crippen LogP contribution is -2.40. The summed E-state index contributed by atoms with van der Waals surface area (Å²) in [5.41, 5.74) is 0.0747. The molecule has 2 aliphatic heterocycles. The molecule has 0 radical (unpaired) electrons. The average molecular weight is 487 g/mol. The molecule has 35 heavy (non-hydrogen) atoms. The summed E-state index contributed by atoms with van der Waals surface area (Å²) in [6.07, 6.45) is -2.83. The van der Waals surface area contributed by atoms with E-state index in [4.69, 9.17) is 5.26 Å². The minimum Gasteiger partial charge on any atom is -0.508 e. The summed E-state index contributed by atoms with van der Waals surface area (Å²) in [7, 11) is 1.59. The number of nitrogens with zero attached hydrogens (tertiary/aromatic N) is 3. The molecule has 0 spiro atoms. The number of phenols is 1. The van der Waals surface area contributed by atoms with E-state index in [2.05, 4.69) is 10.2 Å². The van der Waals surface area contributed by atoms with Gasteiger partial charge in [-0.1, -0.05) is 12.1 Å². The van der Waals surface area contributed by atoms with Crippen molar-refractivity contribution in [2.24, 2.45) is 17.8 Å². The van der Waals surface area contributed by atoms with Crippen LogP contribution in [0, 0.1) is 29.1 Å². The molecule has 0 bridgehead atoms. The van der Waals surface area contributed by atoms with E-state index in [-0.39, 0.29) is 29.4 Å². The van der Waals surface area contributed by atoms with Crippen molar-refractivity contribution in [2.75, 3.05) is 38.1 Å². The molecule has 6 nitrogen and oxygen atoms in total. The number of likely N-dealkylation sites (tertiary alicyclic amines) is 1. The fraction of sp³-hybridized carbons (Fsp3) is 0.462. The lowest BCUT2D eigenvalue weighted by molar-refractivity contribution is -0.137. The molecule has 2 saturated heterocycles. The first-order valence-corrected chi connectivity index (χ1v) is 11.8. The predicted octanol–water partition coefficient (Wildman–Crippen LogP) is 3.99. The smallest absolute Gasteiger partial charge is 0.417 e. The Morgan fingerprint density at radius 3 is 2.54 bits per heavy atom. The van der Waals surface area contributed by atoms with Crippen molar-refractivity contribution in [3.05, 3.63) is 59.2 Å². The topological polar surface area (TPSA) is 79.6 Å². The zero-order valence-corrected chi connectivity index (χ0v) is 19.6. The zero-order valence-electron chi connectivity index (χ0n) is 19.6. The Kier molecular flexibility index (Phi) is 7.22. The number of piperidine rings is 1. The molecule has 0 saturated carbocycles. The standard InChI is InChI=1S/C26H29F3N4O2/c1-31-25(35)23-16-33(20-6-5-19(13-30)24(12-20)26(27,28)29)15-22(23)18-7-9-32(10-8-18)14-17-3-2-4-21(34)11-17/h2-6,11-12,18,22-23,34H,7-10,14-16H2,1H3,(H,31,35)/t22-,23+/m0/s1. The number of anilines is 1. The van der Waals surface area contributed by atoms with Crippen LogP contribution in [-0.2, 0) is 17.5 Å². The summed E-state index contributed by atoms with van der Waals surface area (Å²) < 4.78 is 40.5. The van der Waals surface area contributed by atoms with Crippen LogP contribution in [0.15, 0.2) is 42.5 Å². The molecular formula is C26H29F3N4O2. The number of phenolic OH excluding ortho intramolecular Hbond substituents is 1. The number of amides is 1. The van der Waals surface area contributed by atoms with Crippen molar-refractivity contribution in [1.82, 2.24) is 10.2 Å². The number of nitrogens with one attached hydrogen (secondary N) is 1. The molecule has 0 aliphatic carbocycles. The van der Waals surface area contributed by atoms with Crippen molar-refractivity contribution in [3.63, 3.8) is 0 Å². The van der Waals surface area contributed by atoms with Crippen LogP contribution in [0.1, 0.15) is 29.5 Å². The number of carbonyl (C=O) groups excluding carboxylic acids is 1. The highest BCUT2D eigenvalue weighted by Gasteiger charge is 2.43. The number of hydrogen-bond acceptors (Lipinski definition) is 5. The highest BCUT2D eigenvalue weighted by Crippen LogP contribution is 2.40. The summed E-state index contributed by atoms with van der Waals surface area (Å²) in [5, 5.41) is 21.5. The maximum absolute atomic E-state index is 13.5. The number of nitriles is 1. The Morgan fingerprint density at radius 2 is 1.91 bits per heavy atom. The number of carbonyl (C=O) groups is 1. The maximum Gasteiger partial charge on any atom is 0.417 e. The Morgan fingerprint density at radius 1 is 1.17 bits per heavy atom. The molecule has 0 aromatic heterocycles. The van der Waals surface area contributed by atoms with Gasteiger partial charge in [0.15, 0.2) is 0 Å². The normalized spacial score (nSPS) is 21.6. The van der Waals surface area contributed by atoms with E-state index in [0.29, 0.717) is 18.8 Å². The molecule has 2 fully saturated rings. The lowest BCUT2D eigenvalue weighted by atomic mass is 9.78. The zero-order chi connectivity index (χ0) is 25.2. The molecule has 2 aromatic carbocycles. The summed E-state index contributed by atoms with van der Waals surface area (Å²) in [5.74, 6) is 0.149. The average Bonchev–Trinajstić information content (AvgIpc) is 3.28. The number of rotatable bonds is 5. The van der Waals surface area contributed by atoms with E-state index in [9.17, 15) is 23.1 Å². The van der Waals surface area contributed by atoms with Crippen molar-refractivity contribution < 1.29 is 23.1 Å². The van der Waals surface area contributed by atoms with E-state index in [0.717, 1.165) is 44.1 Å². The summed E-state index contributed by atoms with van der Waals surface area (Å²) in [6.45, 7) is 3.29. The van der Waals surface area contributed by atoms with Crippen LogP contribution >= 0.6 is 0 Å². The largest absolute Gasteiger partial charge is 0.508 e. The van der Waals surface area contributed by atoms with Gasteiger partial charge in [0, 0.05) is 32.4 Å². The van der Waals surface area contributed by atoms with Gasteiger partial charge in [-0.2, -0.15) is 18.4 Å². The highest BCUT2D eigenvalue weighted by atomic mass is 19.4. The molecule has 2 atom stereocenters. The summed E-state index contributed by atoms with van der Waals surface area (Å²) in [4.78, 5) is 16.9. The second kappa shape index (κ2) is 10.2. The minimum absolute atomic E-state index is 0.0304. The number of hydrogen-bond donors (Lipinski definition) is 2. The summed E-state index contributed by atoms with van der Waals surface area (Å²) >= 11 is 0. The third-order valence-electron chi connectivity index (χ3n) is 7.30. The molecule has 1 amide bonds. The van der Waals surface area contributed by atoms with Gasteiger partial charge in [0.05, 0.1) is 23.1 Å². The van der Waals surface area contributed by atoms with Gasteiger partial charge in [0.25, 0.3) is 0 Å². The SMILES string of the molecule is CNC(=O)[C@@H]1CN(c2ccc(C#N)c(C(F)(F)F)c2)C[C@H]1C1CCN(Cc2cccc(O)c2)CC1. The molecule has 2 heterocycles. The molecular weight excluding hydrogens is 457 g/mol. The van der Waals surface area contributed by atoms with Crippen LogP contribution in [0.5, 0.6) is 5.75 Å². The van der Waals surface area contributed by atoms with Crippen LogP contribution in [-0.4, -0.2) is 49.1 Å². The maximum atomic E-state index is 13.5. The first-order chi connectivity index (χ1) is 16.7. The van der Waals surface area contributed by atoms with Crippen molar-refractivity contribution in [2.45, 2.75) is 25.6 Å². The van der Waals surface area contributed by atoms with Gasteiger partial charge in [0.2, 0.25) is 5.91 Å². The molecule has 186 valence electrons. The molecule has 4 rings (SSSR count). The Hall–Kier alpha value is -3.25. The second-order valence-corrected chi connectivity index (χ2v) is 9.41. The van der Waals surface area contributed by atoms with Crippen molar-refractivity contribution in [3.8, 4) is 11.8 Å². The fourth-order valence-corrected chi connectivity index (χ4v) is 5.49. The third kappa shape index (κ3) is 5.54. The van der Waals surface area contributed by atoms with Crippen LogP contribution in [0.4, 0.5) is 18.9 Å². The van der Waals surface area contributed by atoms with Crippen molar-refractivity contribution >= 4 is 11.6 Å². The molecule has 9 heteroatoms. The molecule has 2 aromatic rings. The highest BCUT2D eigenvalue weighted by molar-refractivity contribution is 5.80. The number of benzene rings is 2. The number of halogens is 3. The van der Waals surface area contributed by atoms with E-state index >= 15 is 0 Å². The number of aromatic hydroxyl groups is 1. The van der Waals surface area contributed by atoms with Gasteiger partial charge in [-0.15, -0.1) is 0 Å².